The zero-order valence-corrected chi connectivity index (χ0v) is 12.8. The predicted octanol–water partition coefficient (Wildman–Crippen LogP) is 2.12. The van der Waals surface area contributed by atoms with Crippen LogP contribution in [0.25, 0.3) is 0 Å². The van der Waals surface area contributed by atoms with E-state index in [0.717, 1.165) is 41.6 Å². The molecule has 0 aliphatic carbocycles. The van der Waals surface area contributed by atoms with Gasteiger partial charge in [-0.3, -0.25) is 4.79 Å². The van der Waals surface area contributed by atoms with E-state index in [1.54, 1.807) is 5.51 Å². The molecule has 0 aromatic carbocycles. The Morgan fingerprint density at radius 2 is 2.25 bits per heavy atom. The summed E-state index contributed by atoms with van der Waals surface area (Å²) in [5.74, 6) is 1.53. The second kappa shape index (κ2) is 5.01. The third-order valence-electron chi connectivity index (χ3n) is 3.81. The van der Waals surface area contributed by atoms with Crippen LogP contribution < -0.4 is 0 Å². The summed E-state index contributed by atoms with van der Waals surface area (Å²) in [6.45, 7) is 5.44. The van der Waals surface area contributed by atoms with Crippen LogP contribution in [0.4, 0.5) is 0 Å². The number of nitrogens with zero attached hydrogens (tertiary/aromatic N) is 4. The van der Waals surface area contributed by atoms with Gasteiger partial charge in [-0.15, -0.1) is 11.3 Å². The van der Waals surface area contributed by atoms with Gasteiger partial charge in [-0.05, 0) is 20.3 Å². The van der Waals surface area contributed by atoms with Gasteiger partial charge >= 0.3 is 0 Å². The molecule has 1 aliphatic heterocycles. The Hall–Kier alpha value is -1.69. The SMILES string of the molecule is Cc1cn(C)c([C@H]2CCN(C(=O)c3scnc3C)C2)n1. The first-order valence-corrected chi connectivity index (χ1v) is 7.63. The summed E-state index contributed by atoms with van der Waals surface area (Å²) in [5.41, 5.74) is 3.60. The minimum Gasteiger partial charge on any atom is -0.337 e. The lowest BCUT2D eigenvalue weighted by atomic mass is 10.1. The third kappa shape index (κ3) is 2.24. The molecule has 20 heavy (non-hydrogen) atoms. The van der Waals surface area contributed by atoms with Crippen molar-refractivity contribution in [2.45, 2.75) is 26.2 Å². The summed E-state index contributed by atoms with van der Waals surface area (Å²) in [4.78, 5) is 23.9. The monoisotopic (exact) mass is 290 g/mol. The van der Waals surface area contributed by atoms with Crippen molar-refractivity contribution in [3.63, 3.8) is 0 Å². The second-order valence-corrected chi connectivity index (χ2v) is 6.21. The van der Waals surface area contributed by atoms with E-state index in [9.17, 15) is 4.79 Å². The molecule has 0 saturated carbocycles. The van der Waals surface area contributed by atoms with Crippen molar-refractivity contribution in [1.29, 1.82) is 0 Å². The molecular weight excluding hydrogens is 272 g/mol. The summed E-state index contributed by atoms with van der Waals surface area (Å²) in [5, 5.41) is 0. The summed E-state index contributed by atoms with van der Waals surface area (Å²) in [7, 11) is 2.02. The predicted molar refractivity (Wildman–Crippen MR) is 78.1 cm³/mol. The molecule has 0 N–H and O–H groups in total. The number of hydrogen-bond donors (Lipinski definition) is 0. The van der Waals surface area contributed by atoms with Crippen LogP contribution in [0.3, 0.4) is 0 Å². The number of imidazole rings is 1. The van der Waals surface area contributed by atoms with Crippen LogP contribution in [0.1, 0.15) is 39.2 Å². The Morgan fingerprint density at radius 1 is 1.45 bits per heavy atom. The second-order valence-electron chi connectivity index (χ2n) is 5.36. The fraction of sp³-hybridized carbons (Fsp3) is 0.500. The molecule has 3 rings (SSSR count). The number of carbonyl (C=O) groups is 1. The average Bonchev–Trinajstić information content (AvgIpc) is 3.08. The summed E-state index contributed by atoms with van der Waals surface area (Å²) < 4.78 is 2.08. The quantitative estimate of drug-likeness (QED) is 0.851. The lowest BCUT2D eigenvalue weighted by molar-refractivity contribution is 0.0794. The molecule has 0 radical (unpaired) electrons. The number of likely N-dealkylation sites (tertiary alicyclic amines) is 1. The van der Waals surface area contributed by atoms with Crippen molar-refractivity contribution >= 4 is 17.2 Å². The van der Waals surface area contributed by atoms with Crippen molar-refractivity contribution in [2.75, 3.05) is 13.1 Å². The lowest BCUT2D eigenvalue weighted by Gasteiger charge is -2.15. The van der Waals surface area contributed by atoms with Crippen molar-refractivity contribution < 1.29 is 4.79 Å². The number of hydrogen-bond acceptors (Lipinski definition) is 4. The summed E-state index contributed by atoms with van der Waals surface area (Å²) in [6.07, 6.45) is 3.01. The van der Waals surface area contributed by atoms with Crippen molar-refractivity contribution in [3.8, 4) is 0 Å². The molecule has 1 atom stereocenters. The van der Waals surface area contributed by atoms with Crippen LogP contribution >= 0.6 is 11.3 Å². The molecule has 0 unspecified atom stereocenters. The van der Waals surface area contributed by atoms with Crippen molar-refractivity contribution in [1.82, 2.24) is 19.4 Å². The molecule has 5 nitrogen and oxygen atoms in total. The molecule has 2 aromatic rings. The van der Waals surface area contributed by atoms with Gasteiger partial charge in [0.25, 0.3) is 5.91 Å². The Bertz CT molecular complexity index is 645. The van der Waals surface area contributed by atoms with Gasteiger partial charge < -0.3 is 9.47 Å². The molecular formula is C14H18N4OS. The van der Waals surface area contributed by atoms with Gasteiger partial charge in [-0.1, -0.05) is 0 Å². The topological polar surface area (TPSA) is 51.0 Å². The number of thiazole rings is 1. The molecule has 1 saturated heterocycles. The Balaban J connectivity index is 1.76. The highest BCUT2D eigenvalue weighted by Crippen LogP contribution is 2.28. The van der Waals surface area contributed by atoms with E-state index in [4.69, 9.17) is 0 Å². The first-order chi connectivity index (χ1) is 9.56. The maximum Gasteiger partial charge on any atom is 0.265 e. The number of aromatic nitrogens is 3. The Labute approximate surface area is 122 Å². The van der Waals surface area contributed by atoms with Crippen LogP contribution in [-0.2, 0) is 7.05 Å². The van der Waals surface area contributed by atoms with E-state index >= 15 is 0 Å². The molecule has 106 valence electrons. The number of rotatable bonds is 2. The zero-order valence-electron chi connectivity index (χ0n) is 12.0. The smallest absolute Gasteiger partial charge is 0.265 e. The molecule has 2 aromatic heterocycles. The molecule has 1 aliphatic rings. The van der Waals surface area contributed by atoms with E-state index in [1.807, 2.05) is 32.0 Å². The molecule has 0 spiro atoms. The van der Waals surface area contributed by atoms with Gasteiger partial charge in [0, 0.05) is 32.3 Å². The Kier molecular flexibility index (Phi) is 3.33. The van der Waals surface area contributed by atoms with Gasteiger partial charge in [-0.2, -0.15) is 0 Å². The van der Waals surface area contributed by atoms with Crippen LogP contribution in [0, 0.1) is 13.8 Å². The van der Waals surface area contributed by atoms with Gasteiger partial charge in [0.2, 0.25) is 0 Å². The van der Waals surface area contributed by atoms with E-state index in [0.29, 0.717) is 5.92 Å². The van der Waals surface area contributed by atoms with E-state index in [-0.39, 0.29) is 5.91 Å². The van der Waals surface area contributed by atoms with Crippen LogP contribution in [0.5, 0.6) is 0 Å². The normalized spacial score (nSPS) is 18.8. The summed E-state index contributed by atoms with van der Waals surface area (Å²) in [6, 6.07) is 0. The molecule has 0 bridgehead atoms. The third-order valence-corrected chi connectivity index (χ3v) is 4.73. The highest BCUT2D eigenvalue weighted by atomic mass is 32.1. The first kappa shape index (κ1) is 13.3. The van der Waals surface area contributed by atoms with Gasteiger partial charge in [-0.25, -0.2) is 9.97 Å². The van der Waals surface area contributed by atoms with E-state index in [1.165, 1.54) is 11.3 Å². The van der Waals surface area contributed by atoms with E-state index < -0.39 is 0 Å². The fourth-order valence-corrected chi connectivity index (χ4v) is 3.59. The van der Waals surface area contributed by atoms with Gasteiger partial charge in [0.1, 0.15) is 10.7 Å². The first-order valence-electron chi connectivity index (χ1n) is 6.75. The molecule has 3 heterocycles. The maximum atomic E-state index is 12.5. The highest BCUT2D eigenvalue weighted by molar-refractivity contribution is 7.11. The minimum absolute atomic E-state index is 0.110. The van der Waals surface area contributed by atoms with Crippen molar-refractivity contribution in [2.24, 2.45) is 7.05 Å². The number of carbonyl (C=O) groups excluding carboxylic acids is 1. The van der Waals surface area contributed by atoms with Gasteiger partial charge in [0.15, 0.2) is 0 Å². The maximum absolute atomic E-state index is 12.5. The van der Waals surface area contributed by atoms with Gasteiger partial charge in [0.05, 0.1) is 16.9 Å². The zero-order chi connectivity index (χ0) is 14.3. The lowest BCUT2D eigenvalue weighted by Crippen LogP contribution is -2.28. The largest absolute Gasteiger partial charge is 0.337 e. The molecule has 1 fully saturated rings. The highest BCUT2D eigenvalue weighted by Gasteiger charge is 2.31. The standard InChI is InChI=1S/C14H18N4OS/c1-9-6-17(3)13(16-9)11-4-5-18(7-11)14(19)12-10(2)15-8-20-12/h6,8,11H,4-5,7H2,1-3H3/t11-/m0/s1. The number of amides is 1. The van der Waals surface area contributed by atoms with Crippen molar-refractivity contribution in [3.05, 3.63) is 33.8 Å². The summed E-state index contributed by atoms with van der Waals surface area (Å²) >= 11 is 1.43. The Morgan fingerprint density at radius 3 is 2.85 bits per heavy atom. The minimum atomic E-state index is 0.110. The fourth-order valence-electron chi connectivity index (χ4n) is 2.82. The van der Waals surface area contributed by atoms with Crippen LogP contribution in [0.2, 0.25) is 0 Å². The molecule has 6 heteroatoms. The average molecular weight is 290 g/mol. The van der Waals surface area contributed by atoms with Crippen LogP contribution in [0.15, 0.2) is 11.7 Å². The molecule has 1 amide bonds. The van der Waals surface area contributed by atoms with E-state index in [2.05, 4.69) is 14.5 Å². The van der Waals surface area contributed by atoms with Crippen LogP contribution in [-0.4, -0.2) is 38.4 Å². The number of aryl methyl sites for hydroxylation is 3.